The number of aliphatic hydroxyl groups excluding tert-OH is 1. The molecule has 19 heavy (non-hydrogen) atoms. The van der Waals surface area contributed by atoms with Crippen LogP contribution in [-0.2, 0) is 6.54 Å². The van der Waals surface area contributed by atoms with Crippen LogP contribution in [0.15, 0.2) is 11.4 Å². The van der Waals surface area contributed by atoms with Gasteiger partial charge >= 0.3 is 0 Å². The van der Waals surface area contributed by atoms with E-state index in [0.717, 1.165) is 18.7 Å². The van der Waals surface area contributed by atoms with E-state index >= 15 is 0 Å². The van der Waals surface area contributed by atoms with Crippen molar-refractivity contribution in [3.63, 3.8) is 0 Å². The normalized spacial score (nSPS) is 21.7. The van der Waals surface area contributed by atoms with Crippen molar-refractivity contribution in [1.29, 1.82) is 0 Å². The summed E-state index contributed by atoms with van der Waals surface area (Å²) in [6.07, 6.45) is 1.24. The Morgan fingerprint density at radius 3 is 3.11 bits per heavy atom. The van der Waals surface area contributed by atoms with Gasteiger partial charge in [0, 0.05) is 41.5 Å². The summed E-state index contributed by atoms with van der Waals surface area (Å²) in [6, 6.07) is 2.75. The van der Waals surface area contributed by atoms with Crippen molar-refractivity contribution in [2.75, 3.05) is 33.3 Å². The number of rotatable bonds is 2. The predicted octanol–water partition coefficient (Wildman–Crippen LogP) is 1.62. The Hall–Kier alpha value is -0.860. The second-order valence-electron chi connectivity index (χ2n) is 5.20. The Morgan fingerprint density at radius 1 is 1.47 bits per heavy atom. The standard InChI is InChI=1S/C15H22N2OS/c1-13-10-16(2)6-4-7-17(13)11-15-9-14(12-19-15)5-3-8-18/h9,12-13,18H,4,6-8,10-11H2,1-2H3. The van der Waals surface area contributed by atoms with Crippen LogP contribution >= 0.6 is 11.3 Å². The molecule has 1 saturated heterocycles. The smallest absolute Gasteiger partial charge is 0.104 e. The average Bonchev–Trinajstić information content (AvgIpc) is 2.76. The monoisotopic (exact) mass is 278 g/mol. The lowest BCUT2D eigenvalue weighted by Gasteiger charge is -2.27. The van der Waals surface area contributed by atoms with Gasteiger partial charge in [0.2, 0.25) is 0 Å². The highest BCUT2D eigenvalue weighted by Gasteiger charge is 2.19. The number of thiophene rings is 1. The molecule has 0 amide bonds. The Bertz CT molecular complexity index is 460. The molecule has 1 N–H and O–H groups in total. The van der Waals surface area contributed by atoms with Crippen LogP contribution in [0.1, 0.15) is 23.8 Å². The van der Waals surface area contributed by atoms with Gasteiger partial charge in [0.25, 0.3) is 0 Å². The fraction of sp³-hybridized carbons (Fsp3) is 0.600. The Balaban J connectivity index is 1.97. The second kappa shape index (κ2) is 7.06. The van der Waals surface area contributed by atoms with E-state index in [1.54, 1.807) is 11.3 Å². The van der Waals surface area contributed by atoms with Gasteiger partial charge in [-0.1, -0.05) is 11.8 Å². The Morgan fingerprint density at radius 2 is 2.32 bits per heavy atom. The SMILES string of the molecule is CC1CN(C)CCCN1Cc1cc(C#CCO)cs1. The zero-order valence-corrected chi connectivity index (χ0v) is 12.5. The van der Waals surface area contributed by atoms with Gasteiger partial charge in [-0.05, 0) is 33.0 Å². The highest BCUT2D eigenvalue weighted by Crippen LogP contribution is 2.19. The second-order valence-corrected chi connectivity index (χ2v) is 6.19. The fourth-order valence-corrected chi connectivity index (χ4v) is 3.37. The van der Waals surface area contributed by atoms with Gasteiger partial charge in [-0.2, -0.15) is 0 Å². The zero-order chi connectivity index (χ0) is 13.7. The molecule has 1 aliphatic rings. The molecule has 0 aliphatic carbocycles. The first-order chi connectivity index (χ1) is 9.19. The van der Waals surface area contributed by atoms with E-state index in [1.807, 2.05) is 0 Å². The first kappa shape index (κ1) is 14.5. The third-order valence-electron chi connectivity index (χ3n) is 3.51. The van der Waals surface area contributed by atoms with E-state index in [-0.39, 0.29) is 6.61 Å². The van der Waals surface area contributed by atoms with Crippen molar-refractivity contribution in [2.24, 2.45) is 0 Å². The van der Waals surface area contributed by atoms with Crippen molar-refractivity contribution >= 4 is 11.3 Å². The van der Waals surface area contributed by atoms with Crippen LogP contribution in [0.4, 0.5) is 0 Å². The molecule has 0 radical (unpaired) electrons. The molecule has 1 aliphatic heterocycles. The molecule has 0 spiro atoms. The molecule has 2 heterocycles. The van der Waals surface area contributed by atoms with Gasteiger partial charge in [-0.3, -0.25) is 4.90 Å². The van der Waals surface area contributed by atoms with Crippen LogP contribution in [0, 0.1) is 11.8 Å². The minimum Gasteiger partial charge on any atom is -0.384 e. The number of hydrogen-bond acceptors (Lipinski definition) is 4. The molecular weight excluding hydrogens is 256 g/mol. The number of likely N-dealkylation sites (N-methyl/N-ethyl adjacent to an activating group) is 1. The minimum absolute atomic E-state index is 0.0688. The van der Waals surface area contributed by atoms with E-state index in [1.165, 1.54) is 24.4 Å². The molecular formula is C15H22N2OS. The van der Waals surface area contributed by atoms with Gasteiger partial charge in [0.05, 0.1) is 0 Å². The van der Waals surface area contributed by atoms with Crippen LogP contribution in [-0.4, -0.2) is 54.2 Å². The van der Waals surface area contributed by atoms with Crippen LogP contribution in [0.5, 0.6) is 0 Å². The predicted molar refractivity (Wildman–Crippen MR) is 80.3 cm³/mol. The van der Waals surface area contributed by atoms with Gasteiger partial charge in [-0.15, -0.1) is 11.3 Å². The Kier molecular flexibility index (Phi) is 5.41. The molecule has 1 aromatic rings. The van der Waals surface area contributed by atoms with E-state index in [2.05, 4.69) is 47.1 Å². The van der Waals surface area contributed by atoms with E-state index in [9.17, 15) is 0 Å². The minimum atomic E-state index is -0.0688. The highest BCUT2D eigenvalue weighted by atomic mass is 32.1. The maximum absolute atomic E-state index is 8.70. The lowest BCUT2D eigenvalue weighted by atomic mass is 10.2. The third-order valence-corrected chi connectivity index (χ3v) is 4.43. The van der Waals surface area contributed by atoms with E-state index < -0.39 is 0 Å². The topological polar surface area (TPSA) is 26.7 Å². The quantitative estimate of drug-likeness (QED) is 0.833. The first-order valence-electron chi connectivity index (χ1n) is 6.79. The maximum Gasteiger partial charge on any atom is 0.104 e. The summed E-state index contributed by atoms with van der Waals surface area (Å²) < 4.78 is 0. The summed E-state index contributed by atoms with van der Waals surface area (Å²) in [6.45, 7) is 6.76. The fourth-order valence-electron chi connectivity index (χ4n) is 2.53. The number of aliphatic hydroxyl groups is 1. The zero-order valence-electron chi connectivity index (χ0n) is 11.7. The molecule has 2 rings (SSSR count). The molecule has 3 nitrogen and oxygen atoms in total. The summed E-state index contributed by atoms with van der Waals surface area (Å²) in [7, 11) is 2.20. The number of nitrogens with zero attached hydrogens (tertiary/aromatic N) is 2. The van der Waals surface area contributed by atoms with Crippen molar-refractivity contribution in [3.8, 4) is 11.8 Å². The van der Waals surface area contributed by atoms with Crippen molar-refractivity contribution in [3.05, 3.63) is 21.9 Å². The molecule has 1 aromatic heterocycles. The summed E-state index contributed by atoms with van der Waals surface area (Å²) in [5.41, 5.74) is 1.02. The van der Waals surface area contributed by atoms with Crippen LogP contribution < -0.4 is 0 Å². The van der Waals surface area contributed by atoms with Crippen molar-refractivity contribution in [1.82, 2.24) is 9.80 Å². The molecule has 1 unspecified atom stereocenters. The third kappa shape index (κ3) is 4.32. The molecule has 0 aromatic carbocycles. The lowest BCUT2D eigenvalue weighted by molar-refractivity contribution is 0.196. The molecule has 1 fully saturated rings. The molecule has 104 valence electrons. The lowest BCUT2D eigenvalue weighted by Crippen LogP contribution is -2.37. The molecule has 4 heteroatoms. The molecule has 1 atom stereocenters. The summed E-state index contributed by atoms with van der Waals surface area (Å²) in [5, 5.41) is 10.8. The number of hydrogen-bond donors (Lipinski definition) is 1. The first-order valence-corrected chi connectivity index (χ1v) is 7.66. The van der Waals surface area contributed by atoms with Crippen molar-refractivity contribution < 1.29 is 5.11 Å². The Labute approximate surface area is 119 Å². The van der Waals surface area contributed by atoms with Crippen molar-refractivity contribution in [2.45, 2.75) is 25.9 Å². The van der Waals surface area contributed by atoms with Gasteiger partial charge in [0.15, 0.2) is 0 Å². The largest absolute Gasteiger partial charge is 0.384 e. The summed E-state index contributed by atoms with van der Waals surface area (Å²) >= 11 is 1.76. The van der Waals surface area contributed by atoms with E-state index in [0.29, 0.717) is 6.04 Å². The van der Waals surface area contributed by atoms with Gasteiger partial charge < -0.3 is 10.0 Å². The van der Waals surface area contributed by atoms with Gasteiger partial charge in [0.1, 0.15) is 6.61 Å². The van der Waals surface area contributed by atoms with Gasteiger partial charge in [-0.25, -0.2) is 0 Å². The summed E-state index contributed by atoms with van der Waals surface area (Å²) in [4.78, 5) is 6.33. The molecule has 0 saturated carbocycles. The molecule has 0 bridgehead atoms. The average molecular weight is 278 g/mol. The summed E-state index contributed by atoms with van der Waals surface area (Å²) in [5.74, 6) is 5.66. The van der Waals surface area contributed by atoms with Crippen LogP contribution in [0.2, 0.25) is 0 Å². The van der Waals surface area contributed by atoms with Crippen LogP contribution in [0.25, 0.3) is 0 Å². The van der Waals surface area contributed by atoms with E-state index in [4.69, 9.17) is 5.11 Å². The maximum atomic E-state index is 8.70. The highest BCUT2D eigenvalue weighted by molar-refractivity contribution is 7.10. The van der Waals surface area contributed by atoms with Crippen LogP contribution in [0.3, 0.4) is 0 Å².